The highest BCUT2D eigenvalue weighted by Gasteiger charge is 2.35. The smallest absolute Gasteiger partial charge is 0.253 e. The second kappa shape index (κ2) is 5.82. The fraction of sp³-hybridized carbons (Fsp3) is 0.900. The number of hydrogen-bond acceptors (Lipinski definition) is 4. The Bertz CT molecular complexity index is 246. The maximum absolute atomic E-state index is 12.1. The van der Waals surface area contributed by atoms with Crippen LogP contribution in [-0.2, 0) is 9.53 Å². The molecule has 0 saturated carbocycles. The third kappa shape index (κ3) is 2.66. The van der Waals surface area contributed by atoms with Crippen molar-refractivity contribution in [2.45, 2.75) is 31.5 Å². The summed E-state index contributed by atoms with van der Waals surface area (Å²) in [4.78, 5) is 13.9. The van der Waals surface area contributed by atoms with Gasteiger partial charge < -0.3 is 20.7 Å². The number of ether oxygens (including phenoxy) is 1. The van der Waals surface area contributed by atoms with Crippen molar-refractivity contribution in [1.82, 2.24) is 10.2 Å². The van der Waals surface area contributed by atoms with E-state index in [2.05, 4.69) is 5.32 Å². The zero-order valence-electron chi connectivity index (χ0n) is 9.52. The van der Waals surface area contributed by atoms with Crippen LogP contribution in [0.4, 0.5) is 0 Å². The highest BCUT2D eigenvalue weighted by molar-refractivity contribution is 5.85. The summed E-state index contributed by atoms with van der Waals surface area (Å²) in [5, 5.41) is 3.16. The zero-order valence-corrected chi connectivity index (χ0v) is 10.3. The Kier molecular flexibility index (Phi) is 4.98. The van der Waals surface area contributed by atoms with E-state index in [1.165, 1.54) is 0 Å². The van der Waals surface area contributed by atoms with Crippen LogP contribution < -0.4 is 11.1 Å². The van der Waals surface area contributed by atoms with E-state index in [1.807, 2.05) is 11.8 Å². The summed E-state index contributed by atoms with van der Waals surface area (Å²) in [6.07, 6.45) is 0.582. The number of carbonyl (C=O) groups is 1. The van der Waals surface area contributed by atoms with Crippen LogP contribution in [0.3, 0.4) is 0 Å². The predicted molar refractivity (Wildman–Crippen MR) is 63.6 cm³/mol. The number of nitrogens with one attached hydrogen (secondary N) is 1. The lowest BCUT2D eigenvalue weighted by molar-refractivity contribution is -0.145. The van der Waals surface area contributed by atoms with Gasteiger partial charge in [-0.1, -0.05) is 0 Å². The van der Waals surface area contributed by atoms with E-state index in [0.29, 0.717) is 13.2 Å². The first-order valence-corrected chi connectivity index (χ1v) is 5.58. The Labute approximate surface area is 102 Å². The van der Waals surface area contributed by atoms with Gasteiger partial charge in [-0.3, -0.25) is 4.79 Å². The summed E-state index contributed by atoms with van der Waals surface area (Å²) >= 11 is 0. The molecule has 3 atom stereocenters. The van der Waals surface area contributed by atoms with Gasteiger partial charge in [-0.05, 0) is 13.3 Å². The molecule has 6 heteroatoms. The van der Waals surface area contributed by atoms with Crippen molar-refractivity contribution in [2.24, 2.45) is 5.73 Å². The first-order valence-electron chi connectivity index (χ1n) is 5.58. The molecule has 5 nitrogen and oxygen atoms in total. The van der Waals surface area contributed by atoms with Gasteiger partial charge in [0.1, 0.15) is 6.10 Å². The summed E-state index contributed by atoms with van der Waals surface area (Å²) < 4.78 is 5.44. The van der Waals surface area contributed by atoms with E-state index < -0.39 is 0 Å². The van der Waals surface area contributed by atoms with Gasteiger partial charge in [-0.25, -0.2) is 0 Å². The number of amides is 1. The number of morpholine rings is 1. The summed E-state index contributed by atoms with van der Waals surface area (Å²) in [5.74, 6) is 0.0858. The fourth-order valence-corrected chi connectivity index (χ4v) is 2.18. The van der Waals surface area contributed by atoms with Crippen LogP contribution >= 0.6 is 12.4 Å². The predicted octanol–water partition coefficient (Wildman–Crippen LogP) is -0.655. The van der Waals surface area contributed by atoms with Crippen molar-refractivity contribution >= 4 is 18.3 Å². The SMILES string of the molecule is CC1C(N)CCN1C(=O)[C@H]1CNCCO1.Cl. The van der Waals surface area contributed by atoms with Gasteiger partial charge in [0.15, 0.2) is 0 Å². The van der Waals surface area contributed by atoms with E-state index in [9.17, 15) is 4.79 Å². The lowest BCUT2D eigenvalue weighted by Gasteiger charge is -2.30. The summed E-state index contributed by atoms with van der Waals surface area (Å²) in [6, 6.07) is 0.258. The topological polar surface area (TPSA) is 67.6 Å². The number of likely N-dealkylation sites (tertiary alicyclic amines) is 1. The maximum atomic E-state index is 12.1. The van der Waals surface area contributed by atoms with Crippen molar-refractivity contribution < 1.29 is 9.53 Å². The molecule has 2 unspecified atom stereocenters. The molecule has 1 amide bonds. The van der Waals surface area contributed by atoms with Crippen LogP contribution in [0.1, 0.15) is 13.3 Å². The Balaban J connectivity index is 0.00000128. The van der Waals surface area contributed by atoms with Crippen LogP contribution in [0.5, 0.6) is 0 Å². The molecule has 0 bridgehead atoms. The molecular weight excluding hydrogens is 230 g/mol. The minimum absolute atomic E-state index is 0. The first kappa shape index (κ1) is 13.7. The molecule has 0 aliphatic carbocycles. The van der Waals surface area contributed by atoms with E-state index in [-0.39, 0.29) is 36.5 Å². The Morgan fingerprint density at radius 1 is 1.56 bits per heavy atom. The van der Waals surface area contributed by atoms with Gasteiger partial charge in [-0.2, -0.15) is 0 Å². The Morgan fingerprint density at radius 2 is 2.31 bits per heavy atom. The summed E-state index contributed by atoms with van der Waals surface area (Å²) in [5.41, 5.74) is 5.89. The molecule has 0 aromatic rings. The van der Waals surface area contributed by atoms with Crippen LogP contribution in [0.2, 0.25) is 0 Å². The van der Waals surface area contributed by atoms with Crippen molar-refractivity contribution in [3.8, 4) is 0 Å². The molecule has 2 aliphatic heterocycles. The van der Waals surface area contributed by atoms with Crippen molar-refractivity contribution in [3.05, 3.63) is 0 Å². The van der Waals surface area contributed by atoms with Gasteiger partial charge in [0, 0.05) is 31.7 Å². The normalized spacial score (nSPS) is 34.6. The van der Waals surface area contributed by atoms with Crippen molar-refractivity contribution in [2.75, 3.05) is 26.2 Å². The molecular formula is C10H20ClN3O2. The zero-order chi connectivity index (χ0) is 10.8. The molecule has 0 spiro atoms. The molecule has 0 aromatic carbocycles. The monoisotopic (exact) mass is 249 g/mol. The van der Waals surface area contributed by atoms with Crippen LogP contribution in [0, 0.1) is 0 Å². The van der Waals surface area contributed by atoms with Gasteiger partial charge >= 0.3 is 0 Å². The molecule has 16 heavy (non-hydrogen) atoms. The third-order valence-electron chi connectivity index (χ3n) is 3.30. The number of rotatable bonds is 1. The molecule has 2 rings (SSSR count). The number of nitrogens with two attached hydrogens (primary N) is 1. The van der Waals surface area contributed by atoms with Crippen molar-refractivity contribution in [3.63, 3.8) is 0 Å². The van der Waals surface area contributed by atoms with Crippen LogP contribution in [0.25, 0.3) is 0 Å². The summed E-state index contributed by atoms with van der Waals surface area (Å²) in [6.45, 7) is 4.84. The fourth-order valence-electron chi connectivity index (χ4n) is 2.18. The Hall–Kier alpha value is -0.360. The number of halogens is 1. The molecule has 2 aliphatic rings. The highest BCUT2D eigenvalue weighted by Crippen LogP contribution is 2.17. The van der Waals surface area contributed by atoms with Gasteiger partial charge in [-0.15, -0.1) is 12.4 Å². The first-order chi connectivity index (χ1) is 7.20. The summed E-state index contributed by atoms with van der Waals surface area (Å²) in [7, 11) is 0. The largest absolute Gasteiger partial charge is 0.366 e. The lowest BCUT2D eigenvalue weighted by atomic mass is 10.1. The second-order valence-electron chi connectivity index (χ2n) is 4.29. The minimum atomic E-state index is -0.313. The van der Waals surface area contributed by atoms with E-state index in [0.717, 1.165) is 19.5 Å². The van der Waals surface area contributed by atoms with E-state index >= 15 is 0 Å². The minimum Gasteiger partial charge on any atom is -0.366 e. The number of hydrogen-bond donors (Lipinski definition) is 2. The highest BCUT2D eigenvalue weighted by atomic mass is 35.5. The van der Waals surface area contributed by atoms with Gasteiger partial charge in [0.25, 0.3) is 5.91 Å². The Morgan fingerprint density at radius 3 is 2.81 bits per heavy atom. The molecule has 94 valence electrons. The maximum Gasteiger partial charge on any atom is 0.253 e. The molecule has 0 radical (unpaired) electrons. The number of carbonyl (C=O) groups excluding carboxylic acids is 1. The van der Waals surface area contributed by atoms with E-state index in [1.54, 1.807) is 0 Å². The third-order valence-corrected chi connectivity index (χ3v) is 3.30. The van der Waals surface area contributed by atoms with Gasteiger partial charge in [0.05, 0.1) is 6.61 Å². The van der Waals surface area contributed by atoms with Crippen molar-refractivity contribution in [1.29, 1.82) is 0 Å². The molecule has 0 aromatic heterocycles. The van der Waals surface area contributed by atoms with Crippen LogP contribution in [-0.4, -0.2) is 55.2 Å². The van der Waals surface area contributed by atoms with Crippen LogP contribution in [0.15, 0.2) is 0 Å². The molecule has 2 saturated heterocycles. The standard InChI is InChI=1S/C10H19N3O2.ClH/c1-7-8(11)2-4-13(7)10(14)9-6-12-3-5-15-9;/h7-9,12H,2-6,11H2,1H3;1H/t7?,8?,9-;/m1./s1. The average molecular weight is 250 g/mol. The quantitative estimate of drug-likeness (QED) is 0.648. The van der Waals surface area contributed by atoms with E-state index in [4.69, 9.17) is 10.5 Å². The molecule has 2 fully saturated rings. The average Bonchev–Trinajstić information content (AvgIpc) is 2.60. The number of nitrogens with zero attached hydrogens (tertiary/aromatic N) is 1. The molecule has 2 heterocycles. The second-order valence-corrected chi connectivity index (χ2v) is 4.29. The molecule has 3 N–H and O–H groups in total. The lowest BCUT2D eigenvalue weighted by Crippen LogP contribution is -2.51. The van der Waals surface area contributed by atoms with Gasteiger partial charge in [0.2, 0.25) is 0 Å².